The molecule has 0 aromatic carbocycles. The Bertz CT molecular complexity index is 377. The zero-order valence-corrected chi connectivity index (χ0v) is 11.4. The van der Waals surface area contributed by atoms with Gasteiger partial charge in [-0.2, -0.15) is 13.2 Å². The second-order valence-electron chi connectivity index (χ2n) is 4.68. The number of pyridine rings is 1. The predicted molar refractivity (Wildman–Crippen MR) is 71.1 cm³/mol. The van der Waals surface area contributed by atoms with Crippen molar-refractivity contribution in [2.75, 3.05) is 5.32 Å². The summed E-state index contributed by atoms with van der Waals surface area (Å²) in [5.41, 5.74) is -0.844. The fourth-order valence-corrected chi connectivity index (χ4v) is 1.97. The maximum atomic E-state index is 12.6. The quantitative estimate of drug-likeness (QED) is 0.767. The molecule has 1 atom stereocenters. The zero-order chi connectivity index (χ0) is 14.3. The predicted octanol–water partition coefficient (Wildman–Crippen LogP) is 4.87. The Balaban J connectivity index is 2.73. The van der Waals surface area contributed by atoms with Crippen LogP contribution >= 0.6 is 0 Å². The third kappa shape index (κ3) is 5.49. The molecule has 19 heavy (non-hydrogen) atoms. The van der Waals surface area contributed by atoms with Crippen molar-refractivity contribution in [2.45, 2.75) is 58.2 Å². The van der Waals surface area contributed by atoms with Crippen molar-refractivity contribution >= 4 is 5.82 Å². The molecule has 1 N–H and O–H groups in total. The molecule has 1 heterocycles. The number of rotatable bonds is 7. The highest BCUT2D eigenvalue weighted by Gasteiger charge is 2.32. The summed E-state index contributed by atoms with van der Waals surface area (Å²) in [5.74, 6) is 0.310. The summed E-state index contributed by atoms with van der Waals surface area (Å²) in [6, 6.07) is 4.16. The Morgan fingerprint density at radius 1 is 1.16 bits per heavy atom. The first-order chi connectivity index (χ1) is 8.97. The number of nitrogens with zero attached hydrogens (tertiary/aromatic N) is 1. The van der Waals surface area contributed by atoms with Gasteiger partial charge in [-0.1, -0.05) is 39.2 Å². The lowest BCUT2D eigenvalue weighted by molar-refractivity contribution is -0.141. The minimum absolute atomic E-state index is 0.195. The van der Waals surface area contributed by atoms with Crippen molar-refractivity contribution in [3.63, 3.8) is 0 Å². The average Bonchev–Trinajstić information content (AvgIpc) is 2.35. The fourth-order valence-electron chi connectivity index (χ4n) is 1.97. The highest BCUT2D eigenvalue weighted by molar-refractivity contribution is 5.37. The van der Waals surface area contributed by atoms with Gasteiger partial charge >= 0.3 is 6.18 Å². The van der Waals surface area contributed by atoms with Crippen molar-refractivity contribution in [3.8, 4) is 0 Å². The van der Waals surface area contributed by atoms with Crippen LogP contribution < -0.4 is 5.32 Å². The molecule has 5 heteroatoms. The molecule has 0 saturated heterocycles. The lowest BCUT2D eigenvalue weighted by Crippen LogP contribution is -2.20. The van der Waals surface area contributed by atoms with Crippen LogP contribution in [-0.4, -0.2) is 11.0 Å². The minimum atomic E-state index is -4.39. The van der Waals surface area contributed by atoms with Crippen LogP contribution in [0.4, 0.5) is 19.0 Å². The number of nitrogens with one attached hydrogen (secondary N) is 1. The monoisotopic (exact) mass is 274 g/mol. The summed E-state index contributed by atoms with van der Waals surface area (Å²) < 4.78 is 37.7. The molecule has 1 rings (SSSR count). The number of alkyl halides is 3. The summed E-state index contributed by atoms with van der Waals surface area (Å²) in [6.45, 7) is 4.17. The first kappa shape index (κ1) is 15.8. The van der Waals surface area contributed by atoms with Gasteiger partial charge in [0, 0.05) is 6.04 Å². The first-order valence-corrected chi connectivity index (χ1v) is 6.78. The molecular formula is C14H21F3N2. The van der Waals surface area contributed by atoms with Gasteiger partial charge < -0.3 is 5.32 Å². The third-order valence-electron chi connectivity index (χ3n) is 2.93. The average molecular weight is 274 g/mol. The van der Waals surface area contributed by atoms with Gasteiger partial charge in [0.05, 0.1) is 0 Å². The van der Waals surface area contributed by atoms with Crippen LogP contribution in [0.25, 0.3) is 0 Å². The lowest BCUT2D eigenvalue weighted by Gasteiger charge is -2.19. The lowest BCUT2D eigenvalue weighted by atomic mass is 10.1. The van der Waals surface area contributed by atoms with E-state index in [9.17, 15) is 13.2 Å². The topological polar surface area (TPSA) is 24.9 Å². The van der Waals surface area contributed by atoms with E-state index >= 15 is 0 Å². The number of halogens is 3. The molecular weight excluding hydrogens is 253 g/mol. The molecule has 0 aliphatic heterocycles. The molecule has 0 fully saturated rings. The van der Waals surface area contributed by atoms with Gasteiger partial charge in [-0.15, -0.1) is 0 Å². The summed E-state index contributed by atoms with van der Waals surface area (Å²) in [5, 5.41) is 3.12. The Morgan fingerprint density at radius 2 is 1.89 bits per heavy atom. The first-order valence-electron chi connectivity index (χ1n) is 6.78. The summed E-state index contributed by atoms with van der Waals surface area (Å²) >= 11 is 0. The van der Waals surface area contributed by atoms with Crippen LogP contribution in [0.2, 0.25) is 0 Å². The Labute approximate surface area is 112 Å². The maximum Gasteiger partial charge on any atom is 0.433 e. The van der Waals surface area contributed by atoms with Crippen molar-refractivity contribution in [2.24, 2.45) is 0 Å². The van der Waals surface area contributed by atoms with Crippen molar-refractivity contribution in [1.82, 2.24) is 4.98 Å². The van der Waals surface area contributed by atoms with Gasteiger partial charge in [-0.25, -0.2) is 4.98 Å². The van der Waals surface area contributed by atoms with E-state index < -0.39 is 11.9 Å². The van der Waals surface area contributed by atoms with E-state index in [0.717, 1.165) is 38.2 Å². The van der Waals surface area contributed by atoms with Gasteiger partial charge in [0.15, 0.2) is 0 Å². The summed E-state index contributed by atoms with van der Waals surface area (Å²) in [6.07, 6.45) is 0.663. The van der Waals surface area contributed by atoms with Crippen LogP contribution in [0.3, 0.4) is 0 Å². The number of anilines is 1. The Hall–Kier alpha value is -1.26. The van der Waals surface area contributed by atoms with Gasteiger partial charge in [-0.3, -0.25) is 0 Å². The van der Waals surface area contributed by atoms with E-state index in [0.29, 0.717) is 5.82 Å². The van der Waals surface area contributed by atoms with Crippen molar-refractivity contribution < 1.29 is 13.2 Å². The van der Waals surface area contributed by atoms with Crippen LogP contribution in [0, 0.1) is 0 Å². The smallest absolute Gasteiger partial charge is 0.367 e. The van der Waals surface area contributed by atoms with E-state index in [2.05, 4.69) is 24.1 Å². The van der Waals surface area contributed by atoms with Gasteiger partial charge in [0.1, 0.15) is 11.5 Å². The van der Waals surface area contributed by atoms with E-state index in [4.69, 9.17) is 0 Å². The molecule has 2 nitrogen and oxygen atoms in total. The molecule has 0 spiro atoms. The largest absolute Gasteiger partial charge is 0.433 e. The van der Waals surface area contributed by atoms with Crippen LogP contribution in [0.15, 0.2) is 18.2 Å². The molecule has 1 aromatic heterocycles. The number of aromatic nitrogens is 1. The molecule has 1 unspecified atom stereocenters. The number of unbranched alkanes of at least 4 members (excludes halogenated alkanes) is 1. The SMILES string of the molecule is CCCCC(CCC)Nc1cccc(C(F)(F)F)n1. The molecule has 1 aromatic rings. The molecule has 0 amide bonds. The maximum absolute atomic E-state index is 12.6. The van der Waals surface area contributed by atoms with Crippen LogP contribution in [0.5, 0.6) is 0 Å². The van der Waals surface area contributed by atoms with E-state index in [1.807, 2.05) is 0 Å². The van der Waals surface area contributed by atoms with Gasteiger partial charge in [-0.05, 0) is 25.0 Å². The fraction of sp³-hybridized carbons (Fsp3) is 0.643. The third-order valence-corrected chi connectivity index (χ3v) is 2.93. The van der Waals surface area contributed by atoms with Crippen LogP contribution in [-0.2, 0) is 6.18 Å². The molecule has 0 aliphatic carbocycles. The molecule has 0 bridgehead atoms. The Kier molecular flexibility index (Phi) is 6.12. The highest BCUT2D eigenvalue weighted by atomic mass is 19.4. The summed E-state index contributed by atoms with van der Waals surface area (Å²) in [7, 11) is 0. The zero-order valence-electron chi connectivity index (χ0n) is 11.4. The van der Waals surface area contributed by atoms with Gasteiger partial charge in [0.25, 0.3) is 0 Å². The van der Waals surface area contributed by atoms with Crippen LogP contribution in [0.1, 0.15) is 51.6 Å². The Morgan fingerprint density at radius 3 is 2.47 bits per heavy atom. The van der Waals surface area contributed by atoms with Crippen molar-refractivity contribution in [3.05, 3.63) is 23.9 Å². The molecule has 0 saturated carbocycles. The second kappa shape index (κ2) is 7.36. The molecule has 0 aliphatic rings. The number of hydrogen-bond donors (Lipinski definition) is 1. The molecule has 108 valence electrons. The van der Waals surface area contributed by atoms with E-state index in [-0.39, 0.29) is 6.04 Å². The normalized spacial score (nSPS) is 13.3. The highest BCUT2D eigenvalue weighted by Crippen LogP contribution is 2.28. The van der Waals surface area contributed by atoms with E-state index in [1.165, 1.54) is 6.07 Å². The standard InChI is InChI=1S/C14H21F3N2/c1-3-5-8-11(7-4-2)18-13-10-6-9-12(19-13)14(15,16)17/h6,9-11H,3-5,7-8H2,1-2H3,(H,18,19). The number of hydrogen-bond acceptors (Lipinski definition) is 2. The molecule has 0 radical (unpaired) electrons. The van der Waals surface area contributed by atoms with E-state index in [1.54, 1.807) is 6.07 Å². The van der Waals surface area contributed by atoms with Gasteiger partial charge in [0.2, 0.25) is 0 Å². The minimum Gasteiger partial charge on any atom is -0.367 e. The summed E-state index contributed by atoms with van der Waals surface area (Å²) in [4.78, 5) is 3.64. The van der Waals surface area contributed by atoms with Crippen molar-refractivity contribution in [1.29, 1.82) is 0 Å². The second-order valence-corrected chi connectivity index (χ2v) is 4.68.